The molecule has 18 heavy (non-hydrogen) atoms. The number of piperidine rings is 1. The van der Waals surface area contributed by atoms with Crippen molar-refractivity contribution in [3.05, 3.63) is 30.3 Å². The van der Waals surface area contributed by atoms with Crippen LogP contribution in [0.25, 0.3) is 0 Å². The molecule has 0 aliphatic carbocycles. The highest BCUT2D eigenvalue weighted by molar-refractivity contribution is 8.00. The fourth-order valence-electron chi connectivity index (χ4n) is 2.62. The monoisotopic (exact) mass is 263 g/mol. The molecule has 2 nitrogen and oxygen atoms in total. The van der Waals surface area contributed by atoms with Crippen molar-refractivity contribution in [2.45, 2.75) is 25.2 Å². The molecule has 1 aromatic carbocycles. The zero-order chi connectivity index (χ0) is 13.0. The summed E-state index contributed by atoms with van der Waals surface area (Å²) < 4.78 is 0. The zero-order valence-corrected chi connectivity index (χ0v) is 12.0. The predicted octanol–water partition coefficient (Wildman–Crippen LogP) is 3.28. The van der Waals surface area contributed by atoms with Gasteiger partial charge in [-0.3, -0.25) is 4.79 Å². The molecule has 2 unspecified atom stereocenters. The Labute approximate surface area is 114 Å². The van der Waals surface area contributed by atoms with Gasteiger partial charge in [0.2, 0.25) is 5.91 Å². The molecule has 0 spiro atoms. The summed E-state index contributed by atoms with van der Waals surface area (Å²) in [5, 5.41) is 0. The fourth-order valence-corrected chi connectivity index (χ4v) is 3.44. The largest absolute Gasteiger partial charge is 0.341 e. The maximum Gasteiger partial charge on any atom is 0.232 e. The van der Waals surface area contributed by atoms with E-state index in [1.54, 1.807) is 11.8 Å². The average molecular weight is 263 g/mol. The van der Waals surface area contributed by atoms with E-state index >= 15 is 0 Å². The van der Waals surface area contributed by atoms with Gasteiger partial charge in [-0.25, -0.2) is 0 Å². The zero-order valence-electron chi connectivity index (χ0n) is 11.1. The summed E-state index contributed by atoms with van der Waals surface area (Å²) in [6, 6.07) is 10.1. The predicted molar refractivity (Wildman–Crippen MR) is 76.7 cm³/mol. The Balaban J connectivity index is 1.84. The van der Waals surface area contributed by atoms with Crippen LogP contribution in [0.1, 0.15) is 20.3 Å². The molecule has 2 rings (SSSR count). The van der Waals surface area contributed by atoms with Crippen molar-refractivity contribution in [1.29, 1.82) is 0 Å². The standard InChI is InChI=1S/C15H21NOS/c1-12-8-13(2)10-16(9-12)15(17)11-18-14-6-4-3-5-7-14/h3-7,12-13H,8-11H2,1-2H3. The highest BCUT2D eigenvalue weighted by atomic mass is 32.2. The number of thioether (sulfide) groups is 1. The van der Waals surface area contributed by atoms with Crippen LogP contribution in [0.15, 0.2) is 35.2 Å². The molecular formula is C15H21NOS. The van der Waals surface area contributed by atoms with Crippen molar-refractivity contribution in [1.82, 2.24) is 4.90 Å². The lowest BCUT2D eigenvalue weighted by Crippen LogP contribution is -2.43. The summed E-state index contributed by atoms with van der Waals surface area (Å²) >= 11 is 1.63. The van der Waals surface area contributed by atoms with Crippen molar-refractivity contribution in [3.8, 4) is 0 Å². The first kappa shape index (κ1) is 13.5. The van der Waals surface area contributed by atoms with Gasteiger partial charge in [0.05, 0.1) is 5.75 Å². The Morgan fingerprint density at radius 3 is 2.44 bits per heavy atom. The lowest BCUT2D eigenvalue weighted by molar-refractivity contribution is -0.130. The molecule has 0 saturated carbocycles. The quantitative estimate of drug-likeness (QED) is 0.780. The first-order valence-corrected chi connectivity index (χ1v) is 7.59. The second-order valence-corrected chi connectivity index (χ2v) is 6.40. The number of amides is 1. The normalized spacial score (nSPS) is 24.0. The minimum absolute atomic E-state index is 0.280. The van der Waals surface area contributed by atoms with E-state index in [0.29, 0.717) is 17.6 Å². The van der Waals surface area contributed by atoms with Crippen LogP contribution < -0.4 is 0 Å². The average Bonchev–Trinajstić information content (AvgIpc) is 2.36. The second kappa shape index (κ2) is 6.28. The van der Waals surface area contributed by atoms with Gasteiger partial charge in [-0.05, 0) is 30.4 Å². The number of rotatable bonds is 3. The summed E-state index contributed by atoms with van der Waals surface area (Å²) in [5.74, 6) is 2.12. The smallest absolute Gasteiger partial charge is 0.232 e. The summed E-state index contributed by atoms with van der Waals surface area (Å²) in [6.45, 7) is 6.33. The summed E-state index contributed by atoms with van der Waals surface area (Å²) in [5.41, 5.74) is 0. The van der Waals surface area contributed by atoms with Crippen LogP contribution in [0.3, 0.4) is 0 Å². The van der Waals surface area contributed by atoms with E-state index in [2.05, 4.69) is 26.0 Å². The summed E-state index contributed by atoms with van der Waals surface area (Å²) in [7, 11) is 0. The summed E-state index contributed by atoms with van der Waals surface area (Å²) in [6.07, 6.45) is 1.25. The molecule has 2 atom stereocenters. The van der Waals surface area contributed by atoms with E-state index < -0.39 is 0 Å². The third-order valence-electron chi connectivity index (χ3n) is 3.33. The van der Waals surface area contributed by atoms with Crippen LogP contribution in [-0.4, -0.2) is 29.6 Å². The highest BCUT2D eigenvalue weighted by Gasteiger charge is 2.25. The van der Waals surface area contributed by atoms with Gasteiger partial charge in [-0.15, -0.1) is 11.8 Å². The Morgan fingerprint density at radius 2 is 1.83 bits per heavy atom. The minimum atomic E-state index is 0.280. The molecule has 3 heteroatoms. The molecule has 0 aromatic heterocycles. The molecule has 1 fully saturated rings. The van der Waals surface area contributed by atoms with E-state index in [1.807, 2.05) is 23.1 Å². The van der Waals surface area contributed by atoms with Crippen molar-refractivity contribution in [3.63, 3.8) is 0 Å². The Hall–Kier alpha value is -0.960. The molecule has 1 aliphatic heterocycles. The number of carbonyl (C=O) groups excluding carboxylic acids is 1. The third kappa shape index (κ3) is 3.77. The maximum absolute atomic E-state index is 12.2. The van der Waals surface area contributed by atoms with E-state index in [0.717, 1.165) is 13.1 Å². The molecule has 1 amide bonds. The van der Waals surface area contributed by atoms with Crippen molar-refractivity contribution in [2.24, 2.45) is 11.8 Å². The Morgan fingerprint density at radius 1 is 1.22 bits per heavy atom. The molecular weight excluding hydrogens is 242 g/mol. The second-order valence-electron chi connectivity index (χ2n) is 5.35. The van der Waals surface area contributed by atoms with Crippen molar-refractivity contribution in [2.75, 3.05) is 18.8 Å². The van der Waals surface area contributed by atoms with Gasteiger partial charge in [-0.1, -0.05) is 32.0 Å². The van der Waals surface area contributed by atoms with Crippen LogP contribution in [-0.2, 0) is 4.79 Å². The van der Waals surface area contributed by atoms with Crippen molar-refractivity contribution < 1.29 is 4.79 Å². The molecule has 1 aliphatic rings. The van der Waals surface area contributed by atoms with E-state index in [1.165, 1.54) is 11.3 Å². The van der Waals surface area contributed by atoms with Gasteiger partial charge >= 0.3 is 0 Å². The molecule has 98 valence electrons. The van der Waals surface area contributed by atoms with Gasteiger partial charge in [-0.2, -0.15) is 0 Å². The first-order chi connectivity index (χ1) is 8.65. The van der Waals surface area contributed by atoms with E-state index in [4.69, 9.17) is 0 Å². The van der Waals surface area contributed by atoms with Gasteiger partial charge in [0.15, 0.2) is 0 Å². The van der Waals surface area contributed by atoms with Crippen LogP contribution in [0, 0.1) is 11.8 Å². The van der Waals surface area contributed by atoms with Gasteiger partial charge < -0.3 is 4.90 Å². The van der Waals surface area contributed by atoms with Crippen molar-refractivity contribution >= 4 is 17.7 Å². The third-order valence-corrected chi connectivity index (χ3v) is 4.32. The number of hydrogen-bond acceptors (Lipinski definition) is 2. The fraction of sp³-hybridized carbons (Fsp3) is 0.533. The van der Waals surface area contributed by atoms with Crippen LogP contribution in [0.5, 0.6) is 0 Å². The summed E-state index contributed by atoms with van der Waals surface area (Å²) in [4.78, 5) is 15.4. The van der Waals surface area contributed by atoms with Crippen LogP contribution in [0.2, 0.25) is 0 Å². The van der Waals surface area contributed by atoms with E-state index in [9.17, 15) is 4.79 Å². The molecule has 0 N–H and O–H groups in total. The number of hydrogen-bond donors (Lipinski definition) is 0. The number of likely N-dealkylation sites (tertiary alicyclic amines) is 1. The SMILES string of the molecule is CC1CC(C)CN(C(=O)CSc2ccccc2)C1. The van der Waals surface area contributed by atoms with Gasteiger partial charge in [0.25, 0.3) is 0 Å². The Bertz CT molecular complexity index is 383. The molecule has 1 aromatic rings. The van der Waals surface area contributed by atoms with E-state index in [-0.39, 0.29) is 5.91 Å². The van der Waals surface area contributed by atoms with Gasteiger partial charge in [0.1, 0.15) is 0 Å². The molecule has 0 bridgehead atoms. The highest BCUT2D eigenvalue weighted by Crippen LogP contribution is 2.23. The molecule has 0 radical (unpaired) electrons. The minimum Gasteiger partial charge on any atom is -0.341 e. The van der Waals surface area contributed by atoms with Gasteiger partial charge in [0, 0.05) is 18.0 Å². The number of carbonyl (C=O) groups is 1. The number of nitrogens with zero attached hydrogens (tertiary/aromatic N) is 1. The Kier molecular flexibility index (Phi) is 4.70. The molecule has 1 saturated heterocycles. The topological polar surface area (TPSA) is 20.3 Å². The van der Waals surface area contributed by atoms with Crippen LogP contribution >= 0.6 is 11.8 Å². The maximum atomic E-state index is 12.2. The lowest BCUT2D eigenvalue weighted by Gasteiger charge is -2.35. The number of benzene rings is 1. The molecule has 1 heterocycles. The lowest BCUT2D eigenvalue weighted by atomic mass is 9.92. The van der Waals surface area contributed by atoms with Crippen LogP contribution in [0.4, 0.5) is 0 Å². The first-order valence-electron chi connectivity index (χ1n) is 6.60.